The highest BCUT2D eigenvalue weighted by Crippen LogP contribution is 2.10. The van der Waals surface area contributed by atoms with Gasteiger partial charge in [-0.2, -0.15) is 0 Å². The molecule has 3 nitrogen and oxygen atoms in total. The molecule has 3 heteroatoms. The van der Waals surface area contributed by atoms with Crippen molar-refractivity contribution in [1.29, 1.82) is 0 Å². The molecule has 0 fully saturated rings. The summed E-state index contributed by atoms with van der Waals surface area (Å²) in [6, 6.07) is 9.88. The number of aliphatic hydroxyl groups is 1. The van der Waals surface area contributed by atoms with Gasteiger partial charge in [-0.1, -0.05) is 24.1 Å². The summed E-state index contributed by atoms with van der Waals surface area (Å²) in [5.41, 5.74) is 1.07. The first-order chi connectivity index (χ1) is 7.74. The Hall–Kier alpha value is -1.50. The number of aliphatic hydroxyl groups excluding tert-OH is 1. The Bertz CT molecular complexity index is 332. The van der Waals surface area contributed by atoms with Crippen LogP contribution in [0.3, 0.4) is 0 Å². The van der Waals surface area contributed by atoms with Gasteiger partial charge in [0, 0.05) is 19.3 Å². The van der Waals surface area contributed by atoms with Crippen molar-refractivity contribution in [2.45, 2.75) is 6.10 Å². The number of rotatable bonds is 6. The van der Waals surface area contributed by atoms with Crippen molar-refractivity contribution in [1.82, 2.24) is 0 Å². The molecule has 1 N–H and O–H groups in total. The van der Waals surface area contributed by atoms with Crippen LogP contribution in [0.5, 0.6) is 0 Å². The smallest absolute Gasteiger partial charge is 0.107 e. The molecule has 0 aliphatic carbocycles. The summed E-state index contributed by atoms with van der Waals surface area (Å²) in [4.78, 5) is 1.98. The van der Waals surface area contributed by atoms with E-state index in [9.17, 15) is 5.11 Å². The van der Waals surface area contributed by atoms with Crippen LogP contribution in [0.15, 0.2) is 30.3 Å². The van der Waals surface area contributed by atoms with E-state index in [1.54, 1.807) is 0 Å². The van der Waals surface area contributed by atoms with Gasteiger partial charge in [-0.3, -0.25) is 0 Å². The van der Waals surface area contributed by atoms with Crippen LogP contribution in [0, 0.1) is 12.3 Å². The zero-order chi connectivity index (χ0) is 11.8. The van der Waals surface area contributed by atoms with Crippen molar-refractivity contribution >= 4 is 5.69 Å². The highest BCUT2D eigenvalue weighted by molar-refractivity contribution is 5.45. The number of likely N-dealkylation sites (N-methyl/N-ethyl adjacent to an activating group) is 1. The van der Waals surface area contributed by atoms with Crippen molar-refractivity contribution in [3.63, 3.8) is 0 Å². The molecule has 0 saturated heterocycles. The van der Waals surface area contributed by atoms with Gasteiger partial charge in [0.1, 0.15) is 6.61 Å². The third-order valence-corrected chi connectivity index (χ3v) is 2.18. The van der Waals surface area contributed by atoms with Crippen molar-refractivity contribution < 1.29 is 9.84 Å². The number of para-hydroxylation sites is 1. The Morgan fingerprint density at radius 1 is 1.44 bits per heavy atom. The highest BCUT2D eigenvalue weighted by atomic mass is 16.5. The van der Waals surface area contributed by atoms with Crippen LogP contribution in [0.25, 0.3) is 0 Å². The lowest BCUT2D eigenvalue weighted by Gasteiger charge is -2.22. The number of nitrogens with zero attached hydrogens (tertiary/aromatic N) is 1. The fourth-order valence-electron chi connectivity index (χ4n) is 1.41. The predicted octanol–water partition coefficient (Wildman–Crippen LogP) is 1.13. The maximum absolute atomic E-state index is 9.67. The number of benzene rings is 1. The Morgan fingerprint density at radius 2 is 2.12 bits per heavy atom. The average Bonchev–Trinajstić information content (AvgIpc) is 2.30. The molecule has 0 heterocycles. The van der Waals surface area contributed by atoms with Crippen LogP contribution in [0.1, 0.15) is 0 Å². The number of hydrogen-bond acceptors (Lipinski definition) is 3. The first-order valence-electron chi connectivity index (χ1n) is 5.19. The minimum atomic E-state index is -0.529. The molecule has 1 aromatic carbocycles. The van der Waals surface area contributed by atoms with Crippen LogP contribution in [-0.2, 0) is 4.74 Å². The predicted molar refractivity (Wildman–Crippen MR) is 65.4 cm³/mol. The second-order valence-corrected chi connectivity index (χ2v) is 3.59. The Morgan fingerprint density at radius 3 is 2.75 bits per heavy atom. The first kappa shape index (κ1) is 12.6. The molecule has 1 unspecified atom stereocenters. The fraction of sp³-hybridized carbons (Fsp3) is 0.385. The zero-order valence-electron chi connectivity index (χ0n) is 9.47. The summed E-state index contributed by atoms with van der Waals surface area (Å²) in [6.45, 7) is 1.03. The molecule has 0 saturated carbocycles. The minimum Gasteiger partial charge on any atom is -0.389 e. The Balaban J connectivity index is 2.34. The van der Waals surface area contributed by atoms with Crippen LogP contribution in [0.2, 0.25) is 0 Å². The average molecular weight is 219 g/mol. The summed E-state index contributed by atoms with van der Waals surface area (Å²) in [6.07, 6.45) is 4.51. The quantitative estimate of drug-likeness (QED) is 0.575. The summed E-state index contributed by atoms with van der Waals surface area (Å²) in [7, 11) is 1.93. The third-order valence-electron chi connectivity index (χ3n) is 2.18. The maximum atomic E-state index is 9.67. The van der Waals surface area contributed by atoms with Gasteiger partial charge in [0.25, 0.3) is 0 Å². The van der Waals surface area contributed by atoms with Gasteiger partial charge in [0.2, 0.25) is 0 Å². The van der Waals surface area contributed by atoms with Gasteiger partial charge in [-0.05, 0) is 12.1 Å². The van der Waals surface area contributed by atoms with Crippen molar-refractivity contribution in [3.8, 4) is 12.3 Å². The molecule has 0 aromatic heterocycles. The molecular formula is C13H17NO2. The van der Waals surface area contributed by atoms with Gasteiger partial charge >= 0.3 is 0 Å². The molecule has 0 bridgehead atoms. The van der Waals surface area contributed by atoms with Gasteiger partial charge in [-0.25, -0.2) is 0 Å². The van der Waals surface area contributed by atoms with Crippen LogP contribution < -0.4 is 4.90 Å². The molecule has 1 aromatic rings. The number of hydrogen-bond donors (Lipinski definition) is 1. The Labute approximate surface area is 96.7 Å². The van der Waals surface area contributed by atoms with Gasteiger partial charge in [0.15, 0.2) is 0 Å². The van der Waals surface area contributed by atoms with Gasteiger partial charge in [0.05, 0.1) is 12.7 Å². The molecule has 0 aliphatic heterocycles. The summed E-state index contributed by atoms with van der Waals surface area (Å²) in [5, 5.41) is 9.67. The molecule has 0 amide bonds. The van der Waals surface area contributed by atoms with E-state index >= 15 is 0 Å². The monoisotopic (exact) mass is 219 g/mol. The molecule has 0 aliphatic rings. The van der Waals surface area contributed by atoms with E-state index in [1.165, 1.54) is 0 Å². The fourth-order valence-corrected chi connectivity index (χ4v) is 1.41. The van der Waals surface area contributed by atoms with E-state index in [1.807, 2.05) is 42.3 Å². The first-order valence-corrected chi connectivity index (χ1v) is 5.19. The van der Waals surface area contributed by atoms with E-state index in [-0.39, 0.29) is 13.2 Å². The largest absolute Gasteiger partial charge is 0.389 e. The van der Waals surface area contributed by atoms with Crippen molar-refractivity contribution in [2.75, 3.05) is 31.7 Å². The molecule has 86 valence electrons. The number of terminal acetylenes is 1. The van der Waals surface area contributed by atoms with E-state index in [0.717, 1.165) is 5.69 Å². The summed E-state index contributed by atoms with van der Waals surface area (Å²) in [5.74, 6) is 2.36. The SMILES string of the molecule is C#CCOCC(O)CN(C)c1ccccc1. The third kappa shape index (κ3) is 4.35. The molecule has 0 radical (unpaired) electrons. The van der Waals surface area contributed by atoms with Crippen LogP contribution >= 0.6 is 0 Å². The van der Waals surface area contributed by atoms with Gasteiger partial charge in [-0.15, -0.1) is 6.42 Å². The number of ether oxygens (including phenoxy) is 1. The zero-order valence-corrected chi connectivity index (χ0v) is 9.47. The molecule has 1 rings (SSSR count). The summed E-state index contributed by atoms with van der Waals surface area (Å²) < 4.78 is 5.07. The van der Waals surface area contributed by atoms with E-state index in [2.05, 4.69) is 5.92 Å². The maximum Gasteiger partial charge on any atom is 0.107 e. The second kappa shape index (κ2) is 6.89. The summed E-state index contributed by atoms with van der Waals surface area (Å²) >= 11 is 0. The highest BCUT2D eigenvalue weighted by Gasteiger charge is 2.08. The number of anilines is 1. The van der Waals surface area contributed by atoms with E-state index in [0.29, 0.717) is 6.54 Å². The molecule has 1 atom stereocenters. The van der Waals surface area contributed by atoms with E-state index < -0.39 is 6.10 Å². The Kier molecular flexibility index (Phi) is 5.41. The van der Waals surface area contributed by atoms with E-state index in [4.69, 9.17) is 11.2 Å². The standard InChI is InChI=1S/C13H17NO2/c1-3-9-16-11-13(15)10-14(2)12-7-5-4-6-8-12/h1,4-8,13,15H,9-11H2,2H3. The van der Waals surface area contributed by atoms with Crippen molar-refractivity contribution in [2.24, 2.45) is 0 Å². The van der Waals surface area contributed by atoms with Crippen LogP contribution in [-0.4, -0.2) is 38.0 Å². The second-order valence-electron chi connectivity index (χ2n) is 3.59. The lowest BCUT2D eigenvalue weighted by molar-refractivity contribution is 0.0559. The molecule has 0 spiro atoms. The lowest BCUT2D eigenvalue weighted by atomic mass is 10.2. The van der Waals surface area contributed by atoms with Crippen molar-refractivity contribution in [3.05, 3.63) is 30.3 Å². The lowest BCUT2D eigenvalue weighted by Crippen LogP contribution is -2.32. The molecular weight excluding hydrogens is 202 g/mol. The topological polar surface area (TPSA) is 32.7 Å². The normalized spacial score (nSPS) is 11.8. The molecule has 16 heavy (non-hydrogen) atoms. The van der Waals surface area contributed by atoms with Crippen LogP contribution in [0.4, 0.5) is 5.69 Å². The minimum absolute atomic E-state index is 0.242. The van der Waals surface area contributed by atoms with Gasteiger partial charge < -0.3 is 14.7 Å².